The number of nitrogens with zero attached hydrogens (tertiary/aromatic N) is 2. The summed E-state index contributed by atoms with van der Waals surface area (Å²) in [6.07, 6.45) is -2.00. The molecule has 1 aromatic heterocycles. The summed E-state index contributed by atoms with van der Waals surface area (Å²) in [6.45, 7) is 3.89. The number of aliphatic hydroxyl groups excluding tert-OH is 1. The van der Waals surface area contributed by atoms with E-state index in [1.807, 2.05) is 13.8 Å². The lowest BCUT2D eigenvalue weighted by atomic mass is 10.0. The van der Waals surface area contributed by atoms with E-state index in [-0.39, 0.29) is 12.5 Å². The average molecular weight is 298 g/mol. The summed E-state index contributed by atoms with van der Waals surface area (Å²) in [4.78, 5) is 3.99. The highest BCUT2D eigenvalue weighted by atomic mass is 19.4. The molecule has 0 saturated heterocycles. The Kier molecular flexibility index (Phi) is 4.37. The quantitative estimate of drug-likeness (QED) is 0.933. The molecule has 2 aromatic rings. The van der Waals surface area contributed by atoms with Crippen LogP contribution in [0.3, 0.4) is 0 Å². The zero-order valence-electron chi connectivity index (χ0n) is 11.8. The summed E-state index contributed by atoms with van der Waals surface area (Å²) >= 11 is 0. The van der Waals surface area contributed by atoms with Gasteiger partial charge in [0, 0.05) is 12.5 Å². The van der Waals surface area contributed by atoms with Crippen molar-refractivity contribution in [1.82, 2.24) is 9.55 Å². The minimum Gasteiger partial charge on any atom is -0.386 e. The van der Waals surface area contributed by atoms with Gasteiger partial charge in [0.25, 0.3) is 0 Å². The van der Waals surface area contributed by atoms with Gasteiger partial charge in [0.15, 0.2) is 0 Å². The predicted octanol–water partition coefficient (Wildman–Crippen LogP) is 3.76. The second-order valence-corrected chi connectivity index (χ2v) is 5.24. The molecule has 0 amide bonds. The van der Waals surface area contributed by atoms with Crippen molar-refractivity contribution < 1.29 is 18.3 Å². The van der Waals surface area contributed by atoms with Crippen molar-refractivity contribution in [2.24, 2.45) is 0 Å². The molecule has 6 heteroatoms. The summed E-state index contributed by atoms with van der Waals surface area (Å²) in [5, 5.41) is 10.2. The first-order valence-corrected chi connectivity index (χ1v) is 6.65. The van der Waals surface area contributed by atoms with E-state index < -0.39 is 17.8 Å². The van der Waals surface area contributed by atoms with Crippen molar-refractivity contribution in [2.75, 3.05) is 0 Å². The van der Waals surface area contributed by atoms with Gasteiger partial charge < -0.3 is 9.67 Å². The van der Waals surface area contributed by atoms with Crippen molar-refractivity contribution in [1.29, 1.82) is 0 Å². The Bertz CT molecular complexity index is 605. The number of halogens is 3. The normalized spacial score (nSPS) is 13.7. The van der Waals surface area contributed by atoms with Gasteiger partial charge in [0.2, 0.25) is 0 Å². The number of aliphatic hydroxyl groups is 1. The predicted molar refractivity (Wildman–Crippen MR) is 72.7 cm³/mol. The van der Waals surface area contributed by atoms with Crippen LogP contribution in [0, 0.1) is 0 Å². The van der Waals surface area contributed by atoms with E-state index in [0.29, 0.717) is 11.3 Å². The van der Waals surface area contributed by atoms with Crippen LogP contribution in [-0.2, 0) is 12.6 Å². The minimum absolute atomic E-state index is 0.113. The van der Waals surface area contributed by atoms with Gasteiger partial charge in [0.1, 0.15) is 0 Å². The largest absolute Gasteiger partial charge is 0.416 e. The highest BCUT2D eigenvalue weighted by molar-refractivity contribution is 5.27. The van der Waals surface area contributed by atoms with Crippen molar-refractivity contribution in [3.8, 4) is 0 Å². The molecule has 21 heavy (non-hydrogen) atoms. The van der Waals surface area contributed by atoms with Gasteiger partial charge in [-0.1, -0.05) is 18.2 Å². The molecule has 0 aliphatic carbocycles. The Morgan fingerprint density at radius 2 is 2.00 bits per heavy atom. The van der Waals surface area contributed by atoms with Gasteiger partial charge in [-0.3, -0.25) is 0 Å². The summed E-state index contributed by atoms with van der Waals surface area (Å²) in [7, 11) is 0. The number of benzene rings is 1. The fourth-order valence-electron chi connectivity index (χ4n) is 2.21. The van der Waals surface area contributed by atoms with Crippen molar-refractivity contribution in [3.05, 3.63) is 53.6 Å². The first kappa shape index (κ1) is 15.6. The van der Waals surface area contributed by atoms with Crippen LogP contribution >= 0.6 is 0 Å². The molecule has 0 aliphatic rings. The van der Waals surface area contributed by atoms with E-state index in [9.17, 15) is 18.3 Å². The van der Waals surface area contributed by atoms with Crippen LogP contribution in [0.25, 0.3) is 0 Å². The fourth-order valence-corrected chi connectivity index (χ4v) is 2.21. The van der Waals surface area contributed by atoms with Crippen LogP contribution in [0.1, 0.15) is 42.8 Å². The van der Waals surface area contributed by atoms with E-state index in [4.69, 9.17) is 0 Å². The molecule has 0 aliphatic heterocycles. The molecular weight excluding hydrogens is 281 g/mol. The summed E-state index contributed by atoms with van der Waals surface area (Å²) in [5.74, 6) is 0. The van der Waals surface area contributed by atoms with Gasteiger partial charge in [-0.25, -0.2) is 4.98 Å². The molecule has 1 N–H and O–H groups in total. The SMILES string of the molecule is CC(C)n1cncc1C(O)Cc1cccc(C(F)(F)F)c1. The Labute approximate surface area is 121 Å². The molecular formula is C15H17F3N2O. The lowest BCUT2D eigenvalue weighted by Crippen LogP contribution is -2.11. The third-order valence-electron chi connectivity index (χ3n) is 3.28. The lowest BCUT2D eigenvalue weighted by molar-refractivity contribution is -0.137. The maximum Gasteiger partial charge on any atom is 0.416 e. The molecule has 0 radical (unpaired) electrons. The van der Waals surface area contributed by atoms with Crippen molar-refractivity contribution >= 4 is 0 Å². The summed E-state index contributed by atoms with van der Waals surface area (Å²) in [5.41, 5.74) is 0.334. The van der Waals surface area contributed by atoms with Gasteiger partial charge in [-0.15, -0.1) is 0 Å². The van der Waals surface area contributed by atoms with E-state index in [2.05, 4.69) is 4.98 Å². The van der Waals surface area contributed by atoms with E-state index >= 15 is 0 Å². The van der Waals surface area contributed by atoms with E-state index in [1.165, 1.54) is 12.3 Å². The Morgan fingerprint density at radius 3 is 2.62 bits per heavy atom. The minimum atomic E-state index is -4.37. The number of aromatic nitrogens is 2. The first-order valence-electron chi connectivity index (χ1n) is 6.65. The Morgan fingerprint density at radius 1 is 1.29 bits per heavy atom. The van der Waals surface area contributed by atoms with Gasteiger partial charge in [-0.05, 0) is 25.5 Å². The Hall–Kier alpha value is -1.82. The molecule has 1 heterocycles. The maximum absolute atomic E-state index is 12.7. The summed E-state index contributed by atoms with van der Waals surface area (Å²) in [6, 6.07) is 5.14. The number of alkyl halides is 3. The molecule has 0 fully saturated rings. The maximum atomic E-state index is 12.7. The van der Waals surface area contributed by atoms with Crippen LogP contribution in [0.5, 0.6) is 0 Å². The fraction of sp³-hybridized carbons (Fsp3) is 0.400. The van der Waals surface area contributed by atoms with Crippen LogP contribution in [0.4, 0.5) is 13.2 Å². The average Bonchev–Trinajstić information content (AvgIpc) is 2.87. The van der Waals surface area contributed by atoms with Gasteiger partial charge in [0.05, 0.1) is 29.9 Å². The smallest absolute Gasteiger partial charge is 0.386 e. The van der Waals surface area contributed by atoms with Gasteiger partial charge in [-0.2, -0.15) is 13.2 Å². The standard InChI is InChI=1S/C15H17F3N2O/c1-10(2)20-9-19-8-13(20)14(21)7-11-4-3-5-12(6-11)15(16,17)18/h3-6,8-10,14,21H,7H2,1-2H3. The number of rotatable bonds is 4. The first-order chi connectivity index (χ1) is 9.79. The molecule has 1 atom stereocenters. The number of hydrogen-bond donors (Lipinski definition) is 1. The highest BCUT2D eigenvalue weighted by Crippen LogP contribution is 2.30. The third-order valence-corrected chi connectivity index (χ3v) is 3.28. The zero-order chi connectivity index (χ0) is 15.6. The van der Waals surface area contributed by atoms with Crippen LogP contribution in [0.2, 0.25) is 0 Å². The topological polar surface area (TPSA) is 38.0 Å². The molecule has 1 aromatic carbocycles. The molecule has 2 rings (SSSR count). The van der Waals surface area contributed by atoms with Crippen molar-refractivity contribution in [3.63, 3.8) is 0 Å². The summed E-state index contributed by atoms with van der Waals surface area (Å²) < 4.78 is 39.8. The highest BCUT2D eigenvalue weighted by Gasteiger charge is 2.30. The molecule has 1 unspecified atom stereocenters. The second-order valence-electron chi connectivity index (χ2n) is 5.24. The lowest BCUT2D eigenvalue weighted by Gasteiger charge is -2.17. The molecule has 114 valence electrons. The van der Waals surface area contributed by atoms with Crippen LogP contribution in [-0.4, -0.2) is 14.7 Å². The van der Waals surface area contributed by atoms with E-state index in [0.717, 1.165) is 12.1 Å². The van der Waals surface area contributed by atoms with E-state index in [1.54, 1.807) is 17.0 Å². The second kappa shape index (κ2) is 5.89. The van der Waals surface area contributed by atoms with Crippen molar-refractivity contribution in [2.45, 2.75) is 38.6 Å². The molecule has 0 spiro atoms. The molecule has 0 saturated carbocycles. The van der Waals surface area contributed by atoms with Crippen LogP contribution < -0.4 is 0 Å². The molecule has 3 nitrogen and oxygen atoms in total. The third kappa shape index (κ3) is 3.64. The van der Waals surface area contributed by atoms with Crippen LogP contribution in [0.15, 0.2) is 36.8 Å². The number of hydrogen-bond acceptors (Lipinski definition) is 2. The zero-order valence-corrected chi connectivity index (χ0v) is 11.8. The Balaban J connectivity index is 2.20. The monoisotopic (exact) mass is 298 g/mol. The molecule has 0 bridgehead atoms. The van der Waals surface area contributed by atoms with Gasteiger partial charge >= 0.3 is 6.18 Å². The number of imidazole rings is 1.